The monoisotopic (exact) mass is 315 g/mol. The fourth-order valence-electron chi connectivity index (χ4n) is 2.07. The van der Waals surface area contributed by atoms with Gasteiger partial charge in [-0.3, -0.25) is 0 Å². The predicted octanol–water partition coefficient (Wildman–Crippen LogP) is 2.40. The van der Waals surface area contributed by atoms with E-state index >= 15 is 0 Å². The van der Waals surface area contributed by atoms with Crippen molar-refractivity contribution < 1.29 is 4.39 Å². The highest BCUT2D eigenvalue weighted by Crippen LogP contribution is 2.21. The second kappa shape index (κ2) is 6.10. The van der Waals surface area contributed by atoms with Gasteiger partial charge < -0.3 is 4.90 Å². The molecule has 5 heteroatoms. The molecule has 0 aromatic heterocycles. The number of halogens is 2. The molecule has 0 saturated carbocycles. The van der Waals surface area contributed by atoms with Crippen molar-refractivity contribution in [3.05, 3.63) is 34.1 Å². The molecule has 1 N–H and O–H groups in total. The van der Waals surface area contributed by atoms with Crippen molar-refractivity contribution in [2.75, 3.05) is 33.2 Å². The summed E-state index contributed by atoms with van der Waals surface area (Å²) in [5, 5.41) is 2.24. The molecule has 1 aromatic rings. The second-order valence-electron chi connectivity index (χ2n) is 4.81. The summed E-state index contributed by atoms with van der Waals surface area (Å²) in [6.07, 6.45) is 0. The molecule has 1 aromatic carbocycles. The Kier molecular flexibility index (Phi) is 4.72. The maximum absolute atomic E-state index is 13.2. The SMILES string of the molecule is CC(NN1CCN(C)CC1)c1ccc(F)c(Br)c1. The number of nitrogens with one attached hydrogen (secondary N) is 1. The van der Waals surface area contributed by atoms with E-state index in [0.717, 1.165) is 31.7 Å². The number of nitrogens with zero attached hydrogens (tertiary/aromatic N) is 2. The van der Waals surface area contributed by atoms with Gasteiger partial charge in [0.1, 0.15) is 5.82 Å². The summed E-state index contributed by atoms with van der Waals surface area (Å²) in [4.78, 5) is 2.32. The molecule has 0 amide bonds. The van der Waals surface area contributed by atoms with Gasteiger partial charge in [0.15, 0.2) is 0 Å². The van der Waals surface area contributed by atoms with E-state index in [9.17, 15) is 4.39 Å². The van der Waals surface area contributed by atoms with Crippen LogP contribution in [-0.2, 0) is 0 Å². The molecule has 100 valence electrons. The molecule has 1 saturated heterocycles. The van der Waals surface area contributed by atoms with Crippen LogP contribution >= 0.6 is 15.9 Å². The van der Waals surface area contributed by atoms with Crippen LogP contribution in [0.15, 0.2) is 22.7 Å². The standard InChI is InChI=1S/C13H19BrFN3/c1-10(11-3-4-13(15)12(14)9-11)16-18-7-5-17(2)6-8-18/h3-4,9-10,16H,5-8H2,1-2H3. The average molecular weight is 316 g/mol. The highest BCUT2D eigenvalue weighted by Gasteiger charge is 2.16. The van der Waals surface area contributed by atoms with Crippen molar-refractivity contribution in [1.29, 1.82) is 0 Å². The molecule has 2 rings (SSSR count). The molecule has 3 nitrogen and oxygen atoms in total. The van der Waals surface area contributed by atoms with Crippen molar-refractivity contribution in [3.8, 4) is 0 Å². The topological polar surface area (TPSA) is 18.5 Å². The molecule has 1 aliphatic heterocycles. The van der Waals surface area contributed by atoms with Gasteiger partial charge in [-0.1, -0.05) is 6.07 Å². The smallest absolute Gasteiger partial charge is 0.137 e. The molecule has 1 unspecified atom stereocenters. The molecule has 0 bridgehead atoms. The van der Waals surface area contributed by atoms with Crippen LogP contribution in [0.1, 0.15) is 18.5 Å². The molecule has 18 heavy (non-hydrogen) atoms. The lowest BCUT2D eigenvalue weighted by molar-refractivity contribution is 0.0898. The van der Waals surface area contributed by atoms with E-state index in [-0.39, 0.29) is 11.9 Å². The molecular formula is C13H19BrFN3. The lowest BCUT2D eigenvalue weighted by atomic mass is 10.1. The van der Waals surface area contributed by atoms with E-state index in [1.54, 1.807) is 0 Å². The van der Waals surface area contributed by atoms with Crippen LogP contribution < -0.4 is 5.43 Å². The molecule has 1 atom stereocenters. The van der Waals surface area contributed by atoms with Crippen molar-refractivity contribution >= 4 is 15.9 Å². The van der Waals surface area contributed by atoms with Crippen molar-refractivity contribution in [2.45, 2.75) is 13.0 Å². The Balaban J connectivity index is 1.94. The number of likely N-dealkylation sites (N-methyl/N-ethyl adjacent to an activating group) is 1. The third-order valence-corrected chi connectivity index (χ3v) is 3.93. The number of hydrazine groups is 1. The molecule has 1 aliphatic rings. The maximum atomic E-state index is 13.2. The zero-order valence-corrected chi connectivity index (χ0v) is 12.4. The third kappa shape index (κ3) is 3.51. The molecule has 0 aliphatic carbocycles. The number of rotatable bonds is 3. The van der Waals surface area contributed by atoms with Crippen LogP contribution in [0.25, 0.3) is 0 Å². The molecule has 0 radical (unpaired) electrons. The minimum atomic E-state index is -0.217. The van der Waals surface area contributed by atoms with Crippen molar-refractivity contribution in [3.63, 3.8) is 0 Å². The van der Waals surface area contributed by atoms with Crippen LogP contribution in [0.2, 0.25) is 0 Å². The normalized spacial score (nSPS) is 20.0. The zero-order chi connectivity index (χ0) is 13.1. The van der Waals surface area contributed by atoms with Crippen molar-refractivity contribution in [1.82, 2.24) is 15.3 Å². The van der Waals surface area contributed by atoms with E-state index < -0.39 is 0 Å². The van der Waals surface area contributed by atoms with Crippen LogP contribution in [0.4, 0.5) is 4.39 Å². The van der Waals surface area contributed by atoms with Gasteiger partial charge in [0, 0.05) is 32.2 Å². The molecule has 1 heterocycles. The Morgan fingerprint density at radius 2 is 1.94 bits per heavy atom. The number of benzene rings is 1. The van der Waals surface area contributed by atoms with Crippen LogP contribution in [0.3, 0.4) is 0 Å². The van der Waals surface area contributed by atoms with Gasteiger partial charge >= 0.3 is 0 Å². The Labute approximate surface area is 116 Å². The quantitative estimate of drug-likeness (QED) is 0.924. The molecule has 0 spiro atoms. The first-order valence-electron chi connectivity index (χ1n) is 6.21. The summed E-state index contributed by atoms with van der Waals surface area (Å²) in [6, 6.07) is 5.35. The summed E-state index contributed by atoms with van der Waals surface area (Å²) in [6.45, 7) is 6.28. The molecule has 1 fully saturated rings. The highest BCUT2D eigenvalue weighted by molar-refractivity contribution is 9.10. The summed E-state index contributed by atoms with van der Waals surface area (Å²) < 4.78 is 13.7. The summed E-state index contributed by atoms with van der Waals surface area (Å²) in [7, 11) is 2.14. The fraction of sp³-hybridized carbons (Fsp3) is 0.538. The van der Waals surface area contributed by atoms with E-state index in [1.165, 1.54) is 6.07 Å². The maximum Gasteiger partial charge on any atom is 0.137 e. The van der Waals surface area contributed by atoms with Gasteiger partial charge in [-0.05, 0) is 47.6 Å². The number of hydrogen-bond acceptors (Lipinski definition) is 3. The lowest BCUT2D eigenvalue weighted by Crippen LogP contribution is -2.51. The summed E-state index contributed by atoms with van der Waals surface area (Å²) in [5.41, 5.74) is 4.55. The highest BCUT2D eigenvalue weighted by atomic mass is 79.9. The zero-order valence-electron chi connectivity index (χ0n) is 10.8. The average Bonchev–Trinajstić information content (AvgIpc) is 2.35. The van der Waals surface area contributed by atoms with E-state index in [4.69, 9.17) is 0 Å². The number of hydrogen-bond donors (Lipinski definition) is 1. The van der Waals surface area contributed by atoms with Gasteiger partial charge in [0.2, 0.25) is 0 Å². The van der Waals surface area contributed by atoms with E-state index in [0.29, 0.717) is 4.47 Å². The van der Waals surface area contributed by atoms with Gasteiger partial charge in [-0.15, -0.1) is 0 Å². The summed E-state index contributed by atoms with van der Waals surface area (Å²) >= 11 is 3.22. The Morgan fingerprint density at radius 1 is 1.28 bits per heavy atom. The Hall–Kier alpha value is -0.490. The minimum Gasteiger partial charge on any atom is -0.304 e. The van der Waals surface area contributed by atoms with E-state index in [2.05, 4.69) is 45.2 Å². The van der Waals surface area contributed by atoms with Gasteiger partial charge in [0.05, 0.1) is 4.47 Å². The summed E-state index contributed by atoms with van der Waals surface area (Å²) in [5.74, 6) is -0.217. The van der Waals surface area contributed by atoms with Crippen LogP contribution in [0.5, 0.6) is 0 Å². The lowest BCUT2D eigenvalue weighted by Gasteiger charge is -2.34. The largest absolute Gasteiger partial charge is 0.304 e. The second-order valence-corrected chi connectivity index (χ2v) is 5.67. The van der Waals surface area contributed by atoms with Gasteiger partial charge in [-0.25, -0.2) is 14.8 Å². The predicted molar refractivity (Wildman–Crippen MR) is 74.7 cm³/mol. The first-order chi connectivity index (χ1) is 8.56. The number of piperazine rings is 1. The fourth-order valence-corrected chi connectivity index (χ4v) is 2.46. The van der Waals surface area contributed by atoms with Gasteiger partial charge in [-0.2, -0.15) is 0 Å². The van der Waals surface area contributed by atoms with Crippen LogP contribution in [-0.4, -0.2) is 43.1 Å². The Morgan fingerprint density at radius 3 is 2.56 bits per heavy atom. The van der Waals surface area contributed by atoms with E-state index in [1.807, 2.05) is 12.1 Å². The third-order valence-electron chi connectivity index (χ3n) is 3.32. The van der Waals surface area contributed by atoms with Crippen molar-refractivity contribution in [2.24, 2.45) is 0 Å². The Bertz CT molecular complexity index is 405. The van der Waals surface area contributed by atoms with Crippen LogP contribution in [0, 0.1) is 5.82 Å². The first-order valence-corrected chi connectivity index (χ1v) is 7.00. The van der Waals surface area contributed by atoms with Gasteiger partial charge in [0.25, 0.3) is 0 Å². The molecular weight excluding hydrogens is 297 g/mol. The first kappa shape index (κ1) is 13.9. The minimum absolute atomic E-state index is 0.185.